The van der Waals surface area contributed by atoms with E-state index in [1.54, 1.807) is 16.8 Å². The molecular formula is C35H40N6O3S3. The number of urea groups is 1. The maximum absolute atomic E-state index is 14.6. The van der Waals surface area contributed by atoms with Gasteiger partial charge in [-0.05, 0) is 81.6 Å². The third-order valence-corrected chi connectivity index (χ3v) is 13.0. The molecule has 5 aromatic rings. The summed E-state index contributed by atoms with van der Waals surface area (Å²) < 4.78 is 31.2. The second-order valence-electron chi connectivity index (χ2n) is 13.0. The van der Waals surface area contributed by atoms with E-state index in [-0.39, 0.29) is 11.3 Å². The smallest absolute Gasteiger partial charge is 0.317 e. The third-order valence-electron chi connectivity index (χ3n) is 8.39. The van der Waals surface area contributed by atoms with Gasteiger partial charge in [-0.15, -0.1) is 22.7 Å². The Bertz CT molecular complexity index is 1980. The summed E-state index contributed by atoms with van der Waals surface area (Å²) in [4.78, 5) is 19.1. The van der Waals surface area contributed by atoms with E-state index in [0.717, 1.165) is 45.6 Å². The van der Waals surface area contributed by atoms with Crippen LogP contribution in [0.5, 0.6) is 0 Å². The highest BCUT2D eigenvalue weighted by Gasteiger charge is 2.39. The van der Waals surface area contributed by atoms with Gasteiger partial charge in [0.05, 0.1) is 32.2 Å². The van der Waals surface area contributed by atoms with Gasteiger partial charge in [0.25, 0.3) is 0 Å². The molecule has 2 aromatic carbocycles. The summed E-state index contributed by atoms with van der Waals surface area (Å²) in [7, 11) is -3.83. The lowest BCUT2D eigenvalue weighted by molar-refractivity contribution is 0.262. The summed E-state index contributed by atoms with van der Waals surface area (Å²) in [5.41, 5.74) is 4.35. The fraction of sp³-hybridized carbons (Fsp3) is 0.343. The van der Waals surface area contributed by atoms with Crippen molar-refractivity contribution < 1.29 is 13.2 Å². The molecule has 1 saturated heterocycles. The van der Waals surface area contributed by atoms with Crippen LogP contribution in [0, 0.1) is 19.8 Å². The van der Waals surface area contributed by atoms with Crippen molar-refractivity contribution in [2.45, 2.75) is 62.3 Å². The molecule has 1 aliphatic rings. The summed E-state index contributed by atoms with van der Waals surface area (Å²) in [6.45, 7) is 11.7. The Morgan fingerprint density at radius 2 is 1.72 bits per heavy atom. The van der Waals surface area contributed by atoms with Crippen molar-refractivity contribution in [1.82, 2.24) is 20.1 Å². The summed E-state index contributed by atoms with van der Waals surface area (Å²) >= 11 is 2.79. The molecule has 3 N–H and O–H groups in total. The average Bonchev–Trinajstić information content (AvgIpc) is 3.79. The highest BCUT2D eigenvalue weighted by Crippen LogP contribution is 2.45. The van der Waals surface area contributed by atoms with E-state index in [2.05, 4.69) is 41.7 Å². The number of hydrogen-bond acceptors (Lipinski definition) is 8. The summed E-state index contributed by atoms with van der Waals surface area (Å²) in [5.74, 6) is 0.385. The van der Waals surface area contributed by atoms with Crippen molar-refractivity contribution in [3.8, 4) is 16.3 Å². The fourth-order valence-corrected chi connectivity index (χ4v) is 10.1. The molecule has 3 aromatic heterocycles. The number of carbonyl (C=O) groups excluding carboxylic acids is 1. The van der Waals surface area contributed by atoms with Crippen molar-refractivity contribution in [1.29, 1.82) is 0 Å². The first-order chi connectivity index (χ1) is 22.4. The zero-order valence-electron chi connectivity index (χ0n) is 27.2. The average molecular weight is 689 g/mol. The number of amides is 2. The van der Waals surface area contributed by atoms with Crippen LogP contribution in [0.2, 0.25) is 0 Å². The van der Waals surface area contributed by atoms with Crippen molar-refractivity contribution >= 4 is 50.0 Å². The Labute approximate surface area is 284 Å². The Hall–Kier alpha value is -3.84. The zero-order valence-corrected chi connectivity index (χ0v) is 29.7. The Morgan fingerprint density at radius 3 is 2.40 bits per heavy atom. The Kier molecular flexibility index (Phi) is 9.39. The molecule has 0 radical (unpaired) electrons. The van der Waals surface area contributed by atoms with Crippen molar-refractivity contribution in [3.05, 3.63) is 93.9 Å². The van der Waals surface area contributed by atoms with Crippen LogP contribution in [0.4, 0.5) is 16.3 Å². The SMILES string of the molecule is Cc1ccc(-n2nc(C(C)(C)C)cc2NC(=O)Nc2ccccc2C(C2CCNCC2)S(=O)(=O)c2ccc(-c3csc(C)n3)s2)cc1. The van der Waals surface area contributed by atoms with Gasteiger partial charge in [-0.25, -0.2) is 22.9 Å². The normalized spacial score (nSPS) is 15.0. The van der Waals surface area contributed by atoms with Gasteiger partial charge in [0.15, 0.2) is 9.84 Å². The first-order valence-electron chi connectivity index (χ1n) is 15.7. The van der Waals surface area contributed by atoms with Crippen LogP contribution in [0.15, 0.2) is 76.3 Å². The lowest BCUT2D eigenvalue weighted by Gasteiger charge is -2.31. The molecule has 2 amide bonds. The number of piperidine rings is 1. The minimum atomic E-state index is -3.83. The van der Waals surface area contributed by atoms with Crippen LogP contribution in [0.1, 0.15) is 60.7 Å². The number of thiophene rings is 1. The summed E-state index contributed by atoms with van der Waals surface area (Å²) in [5, 5.41) is 16.2. The van der Waals surface area contributed by atoms with Crippen LogP contribution < -0.4 is 16.0 Å². The van der Waals surface area contributed by atoms with Gasteiger partial charge >= 0.3 is 6.03 Å². The van der Waals surface area contributed by atoms with Gasteiger partial charge in [0.1, 0.15) is 10.0 Å². The fourth-order valence-electron chi connectivity index (χ4n) is 5.88. The van der Waals surface area contributed by atoms with Gasteiger partial charge < -0.3 is 10.6 Å². The molecule has 0 bridgehead atoms. The molecule has 1 atom stereocenters. The van der Waals surface area contributed by atoms with E-state index >= 15 is 0 Å². The predicted octanol–water partition coefficient (Wildman–Crippen LogP) is 8.13. The molecular weight excluding hydrogens is 649 g/mol. The monoisotopic (exact) mass is 688 g/mol. The number of nitrogens with zero attached hydrogens (tertiary/aromatic N) is 3. The molecule has 1 unspecified atom stereocenters. The molecule has 0 spiro atoms. The second kappa shape index (κ2) is 13.3. The van der Waals surface area contributed by atoms with Gasteiger partial charge in [-0.3, -0.25) is 5.32 Å². The minimum Gasteiger partial charge on any atom is -0.317 e. The number of thiazole rings is 1. The highest BCUT2D eigenvalue weighted by molar-refractivity contribution is 7.93. The van der Waals surface area contributed by atoms with Gasteiger partial charge in [0, 0.05) is 22.5 Å². The standard InChI is InChI=1S/C35H40N6O3S3/c1-22-10-12-25(13-11-22)41-31(20-30(40-41)35(3,4)5)39-34(42)38-27-9-7-6-8-26(27)33(24-16-18-36-19-17-24)47(43,44)32-15-14-29(46-32)28-21-45-23(2)37-28/h6-15,20-21,24,33,36H,16-19H2,1-5H3,(H2,38,39,42). The van der Waals surface area contributed by atoms with Crippen molar-refractivity contribution in [2.75, 3.05) is 23.7 Å². The molecule has 47 heavy (non-hydrogen) atoms. The molecule has 0 saturated carbocycles. The van der Waals surface area contributed by atoms with E-state index in [4.69, 9.17) is 5.10 Å². The predicted molar refractivity (Wildman–Crippen MR) is 192 cm³/mol. The van der Waals surface area contributed by atoms with E-state index in [1.165, 1.54) is 22.7 Å². The quantitative estimate of drug-likeness (QED) is 0.152. The number of rotatable bonds is 8. The molecule has 12 heteroatoms. The van der Waals surface area contributed by atoms with Crippen LogP contribution in [-0.4, -0.2) is 42.3 Å². The maximum Gasteiger partial charge on any atom is 0.324 e. The van der Waals surface area contributed by atoms with Crippen molar-refractivity contribution in [2.24, 2.45) is 5.92 Å². The Balaban J connectivity index is 1.33. The number of carbonyl (C=O) groups is 1. The molecule has 1 aliphatic heterocycles. The van der Waals surface area contributed by atoms with Gasteiger partial charge in [0.2, 0.25) is 0 Å². The summed E-state index contributed by atoms with van der Waals surface area (Å²) in [6, 6.07) is 20.1. The number of hydrogen-bond donors (Lipinski definition) is 3. The van der Waals surface area contributed by atoms with Gasteiger partial charge in [-0.2, -0.15) is 5.10 Å². The van der Waals surface area contributed by atoms with E-state index in [9.17, 15) is 13.2 Å². The number of benzene rings is 2. The van der Waals surface area contributed by atoms with Crippen LogP contribution in [0.25, 0.3) is 16.3 Å². The van der Waals surface area contributed by atoms with E-state index in [1.807, 2.05) is 73.8 Å². The maximum atomic E-state index is 14.6. The number of anilines is 2. The van der Waals surface area contributed by atoms with Crippen LogP contribution in [0.3, 0.4) is 0 Å². The molecule has 9 nitrogen and oxygen atoms in total. The molecule has 1 fully saturated rings. The lowest BCUT2D eigenvalue weighted by atomic mass is 9.89. The lowest BCUT2D eigenvalue weighted by Crippen LogP contribution is -2.34. The van der Waals surface area contributed by atoms with Gasteiger partial charge in [-0.1, -0.05) is 56.7 Å². The first-order valence-corrected chi connectivity index (χ1v) is 19.0. The minimum absolute atomic E-state index is 0.128. The summed E-state index contributed by atoms with van der Waals surface area (Å²) in [6.07, 6.45) is 1.42. The topological polar surface area (TPSA) is 118 Å². The van der Waals surface area contributed by atoms with E-state index in [0.29, 0.717) is 34.1 Å². The van der Waals surface area contributed by atoms with E-state index < -0.39 is 21.1 Å². The van der Waals surface area contributed by atoms with Crippen LogP contribution in [-0.2, 0) is 15.3 Å². The molecule has 6 rings (SSSR count). The Morgan fingerprint density at radius 1 is 1.00 bits per heavy atom. The largest absolute Gasteiger partial charge is 0.324 e. The third kappa shape index (κ3) is 7.20. The molecule has 246 valence electrons. The zero-order chi connectivity index (χ0) is 33.3. The van der Waals surface area contributed by atoms with Crippen molar-refractivity contribution in [3.63, 3.8) is 0 Å². The number of aryl methyl sites for hydroxylation is 2. The first kappa shape index (κ1) is 33.1. The van der Waals surface area contributed by atoms with Crippen LogP contribution >= 0.6 is 22.7 Å². The number of sulfone groups is 1. The number of para-hydroxylation sites is 1. The molecule has 0 aliphatic carbocycles. The molecule has 4 heterocycles. The highest BCUT2D eigenvalue weighted by atomic mass is 32.2. The second-order valence-corrected chi connectivity index (χ2v) is 17.4. The number of aromatic nitrogens is 3. The number of nitrogens with one attached hydrogen (secondary N) is 3.